The molecule has 1 aliphatic carbocycles. The van der Waals surface area contributed by atoms with Crippen LogP contribution in [-0.2, 0) is 4.79 Å². The molecule has 0 saturated heterocycles. The van der Waals surface area contributed by atoms with E-state index in [1.807, 2.05) is 14.0 Å². The molecule has 1 unspecified atom stereocenters. The van der Waals surface area contributed by atoms with E-state index in [4.69, 9.17) is 5.11 Å². The van der Waals surface area contributed by atoms with E-state index >= 15 is 0 Å². The molecule has 0 aromatic rings. The Labute approximate surface area is 93.6 Å². The predicted octanol–water partition coefficient (Wildman–Crippen LogP) is 1.39. The Kier molecular flexibility index (Phi) is 4.38. The summed E-state index contributed by atoms with van der Waals surface area (Å²) < 4.78 is 0. The van der Waals surface area contributed by atoms with E-state index in [1.54, 1.807) is 4.90 Å². The monoisotopic (exact) mass is 263 g/mol. The van der Waals surface area contributed by atoms with Gasteiger partial charge in [-0.25, -0.2) is 0 Å². The van der Waals surface area contributed by atoms with Crippen LogP contribution in [0.15, 0.2) is 0 Å². The molecule has 0 heterocycles. The Morgan fingerprint density at radius 1 is 1.64 bits per heavy atom. The van der Waals surface area contributed by atoms with Gasteiger partial charge in [-0.1, -0.05) is 22.9 Å². The molecule has 3 nitrogen and oxygen atoms in total. The van der Waals surface area contributed by atoms with Gasteiger partial charge in [-0.15, -0.1) is 0 Å². The highest BCUT2D eigenvalue weighted by atomic mass is 79.9. The van der Waals surface area contributed by atoms with Crippen LogP contribution in [0.25, 0.3) is 0 Å². The van der Waals surface area contributed by atoms with Crippen LogP contribution >= 0.6 is 15.9 Å². The van der Waals surface area contributed by atoms with Crippen molar-refractivity contribution in [2.24, 2.45) is 5.92 Å². The number of hydrogen-bond donors (Lipinski definition) is 1. The second kappa shape index (κ2) is 5.12. The minimum Gasteiger partial charge on any atom is -0.393 e. The Balaban J connectivity index is 2.27. The predicted molar refractivity (Wildman–Crippen MR) is 59.4 cm³/mol. The first-order valence-corrected chi connectivity index (χ1v) is 6.03. The molecule has 1 N–H and O–H groups in total. The number of aliphatic hydroxyl groups is 1. The van der Waals surface area contributed by atoms with E-state index in [1.165, 1.54) is 0 Å². The maximum absolute atomic E-state index is 11.6. The van der Waals surface area contributed by atoms with E-state index in [0.29, 0.717) is 5.92 Å². The summed E-state index contributed by atoms with van der Waals surface area (Å²) in [6, 6.07) is 0. The van der Waals surface area contributed by atoms with E-state index in [0.717, 1.165) is 25.8 Å². The normalized spacial score (nSPS) is 28.0. The topological polar surface area (TPSA) is 40.5 Å². The van der Waals surface area contributed by atoms with Crippen molar-refractivity contribution in [1.82, 2.24) is 4.90 Å². The number of aliphatic hydroxyl groups excluding tert-OH is 1. The molecule has 4 heteroatoms. The molecule has 1 aliphatic rings. The summed E-state index contributed by atoms with van der Waals surface area (Å²) in [5.41, 5.74) is 0. The van der Waals surface area contributed by atoms with Crippen LogP contribution in [0.5, 0.6) is 0 Å². The zero-order chi connectivity index (χ0) is 10.7. The molecule has 0 bridgehead atoms. The van der Waals surface area contributed by atoms with Crippen molar-refractivity contribution in [2.75, 3.05) is 13.6 Å². The highest BCUT2D eigenvalue weighted by molar-refractivity contribution is 9.10. The van der Waals surface area contributed by atoms with Crippen molar-refractivity contribution >= 4 is 21.8 Å². The maximum atomic E-state index is 11.6. The van der Waals surface area contributed by atoms with Gasteiger partial charge < -0.3 is 10.0 Å². The van der Waals surface area contributed by atoms with Gasteiger partial charge in [0.1, 0.15) is 0 Å². The number of nitrogens with zero attached hydrogens (tertiary/aromatic N) is 1. The van der Waals surface area contributed by atoms with E-state index in [2.05, 4.69) is 15.9 Å². The summed E-state index contributed by atoms with van der Waals surface area (Å²) in [6.07, 6.45) is 2.37. The molecule has 82 valence electrons. The van der Waals surface area contributed by atoms with Gasteiger partial charge in [-0.2, -0.15) is 0 Å². The number of hydrogen-bond acceptors (Lipinski definition) is 2. The first kappa shape index (κ1) is 12.0. The third-order valence-corrected chi connectivity index (χ3v) is 3.78. The third kappa shape index (κ3) is 2.95. The number of rotatable bonds is 4. The lowest BCUT2D eigenvalue weighted by molar-refractivity contribution is -0.130. The van der Waals surface area contributed by atoms with Crippen molar-refractivity contribution in [3.8, 4) is 0 Å². The summed E-state index contributed by atoms with van der Waals surface area (Å²) in [5, 5.41) is 9.11. The van der Waals surface area contributed by atoms with Gasteiger partial charge >= 0.3 is 0 Å². The van der Waals surface area contributed by atoms with Crippen LogP contribution in [0.4, 0.5) is 0 Å². The fourth-order valence-electron chi connectivity index (χ4n) is 1.74. The lowest BCUT2D eigenvalue weighted by Crippen LogP contribution is -2.41. The van der Waals surface area contributed by atoms with Crippen molar-refractivity contribution < 1.29 is 9.90 Å². The summed E-state index contributed by atoms with van der Waals surface area (Å²) in [5.74, 6) is 0.643. The summed E-state index contributed by atoms with van der Waals surface area (Å²) in [7, 11) is 1.83. The Hall–Kier alpha value is -0.0900. The van der Waals surface area contributed by atoms with Gasteiger partial charge in [0, 0.05) is 13.6 Å². The van der Waals surface area contributed by atoms with Crippen LogP contribution in [0.1, 0.15) is 26.2 Å². The van der Waals surface area contributed by atoms with Gasteiger partial charge in [-0.05, 0) is 25.2 Å². The van der Waals surface area contributed by atoms with Crippen LogP contribution < -0.4 is 0 Å². The zero-order valence-corrected chi connectivity index (χ0v) is 10.3. The molecule has 1 rings (SSSR count). The van der Waals surface area contributed by atoms with E-state index in [-0.39, 0.29) is 16.8 Å². The average molecular weight is 264 g/mol. The first-order valence-electron chi connectivity index (χ1n) is 5.11. The molecular weight excluding hydrogens is 246 g/mol. The van der Waals surface area contributed by atoms with Gasteiger partial charge in [0.15, 0.2) is 0 Å². The number of carbonyl (C=O) groups excluding carboxylic acids is 1. The molecule has 0 aliphatic heterocycles. The Morgan fingerprint density at radius 2 is 2.21 bits per heavy atom. The summed E-state index contributed by atoms with van der Waals surface area (Å²) in [4.78, 5) is 13.4. The largest absolute Gasteiger partial charge is 0.393 e. The molecule has 1 saturated carbocycles. The highest BCUT2D eigenvalue weighted by Gasteiger charge is 2.29. The van der Waals surface area contributed by atoms with Crippen molar-refractivity contribution in [3.05, 3.63) is 0 Å². The molecule has 0 aromatic heterocycles. The second-order valence-electron chi connectivity index (χ2n) is 4.09. The summed E-state index contributed by atoms with van der Waals surface area (Å²) in [6.45, 7) is 2.76. The van der Waals surface area contributed by atoms with Crippen LogP contribution in [0.3, 0.4) is 0 Å². The zero-order valence-electron chi connectivity index (χ0n) is 8.74. The van der Waals surface area contributed by atoms with Crippen molar-refractivity contribution in [1.29, 1.82) is 0 Å². The fourth-order valence-corrected chi connectivity index (χ4v) is 2.09. The lowest BCUT2D eigenvalue weighted by Gasteiger charge is -2.34. The molecule has 1 amide bonds. The standard InChI is InChI=1S/C10H18BrNO2/c1-3-9(11)10(14)12(2)6-7-4-8(13)5-7/h7-9,13H,3-6H2,1-2H3. The molecular formula is C10H18BrNO2. The molecule has 1 atom stereocenters. The molecule has 1 fully saturated rings. The lowest BCUT2D eigenvalue weighted by atomic mass is 9.82. The quantitative estimate of drug-likeness (QED) is 0.779. The Bertz CT molecular complexity index is 204. The number of amides is 1. The average Bonchev–Trinajstić information content (AvgIpc) is 2.12. The second-order valence-corrected chi connectivity index (χ2v) is 5.19. The van der Waals surface area contributed by atoms with Crippen molar-refractivity contribution in [2.45, 2.75) is 37.1 Å². The highest BCUT2D eigenvalue weighted by Crippen LogP contribution is 2.27. The van der Waals surface area contributed by atoms with Gasteiger partial charge in [0.2, 0.25) is 5.91 Å². The first-order chi connectivity index (χ1) is 6.54. The minimum absolute atomic E-state index is 0.0579. The molecule has 0 spiro atoms. The molecule has 0 radical (unpaired) electrons. The number of halogens is 1. The Morgan fingerprint density at radius 3 is 2.64 bits per heavy atom. The van der Waals surface area contributed by atoms with Gasteiger partial charge in [0.25, 0.3) is 0 Å². The maximum Gasteiger partial charge on any atom is 0.236 e. The van der Waals surface area contributed by atoms with Crippen LogP contribution in [0, 0.1) is 5.92 Å². The van der Waals surface area contributed by atoms with Crippen molar-refractivity contribution in [3.63, 3.8) is 0 Å². The third-order valence-electron chi connectivity index (χ3n) is 2.75. The minimum atomic E-state index is -0.130. The number of carbonyl (C=O) groups is 1. The molecule has 14 heavy (non-hydrogen) atoms. The fraction of sp³-hybridized carbons (Fsp3) is 0.900. The van der Waals surface area contributed by atoms with E-state index < -0.39 is 0 Å². The summed E-state index contributed by atoms with van der Waals surface area (Å²) >= 11 is 3.34. The van der Waals surface area contributed by atoms with Gasteiger partial charge in [-0.3, -0.25) is 4.79 Å². The SMILES string of the molecule is CCC(Br)C(=O)N(C)CC1CC(O)C1. The van der Waals surface area contributed by atoms with Crippen LogP contribution in [0.2, 0.25) is 0 Å². The smallest absolute Gasteiger partial charge is 0.236 e. The van der Waals surface area contributed by atoms with Gasteiger partial charge in [0.05, 0.1) is 10.9 Å². The van der Waals surface area contributed by atoms with E-state index in [9.17, 15) is 4.79 Å². The number of alkyl halides is 1. The molecule has 0 aromatic carbocycles. The van der Waals surface area contributed by atoms with Crippen LogP contribution in [-0.4, -0.2) is 40.4 Å².